The van der Waals surface area contributed by atoms with Gasteiger partial charge in [0, 0.05) is 23.5 Å². The fourth-order valence-corrected chi connectivity index (χ4v) is 4.23. The van der Waals surface area contributed by atoms with Gasteiger partial charge in [-0.15, -0.1) is 0 Å². The highest BCUT2D eigenvalue weighted by atomic mass is 79.9. The molecule has 0 saturated heterocycles. The summed E-state index contributed by atoms with van der Waals surface area (Å²) in [6, 6.07) is 23.9. The quantitative estimate of drug-likeness (QED) is 0.327. The number of nitrogens with one attached hydrogen (secondary N) is 1. The van der Waals surface area contributed by atoms with Gasteiger partial charge in [-0.2, -0.15) is 0 Å². The van der Waals surface area contributed by atoms with Crippen LogP contribution < -0.4 is 14.8 Å². The molecular weight excluding hydrogens is 520 g/mol. The Labute approximate surface area is 221 Å². The Morgan fingerprint density at radius 1 is 0.944 bits per heavy atom. The number of rotatable bonds is 12. The molecule has 0 heterocycles. The molecule has 1 N–H and O–H groups in total. The predicted octanol–water partition coefficient (Wildman–Crippen LogP) is 5.39. The van der Waals surface area contributed by atoms with Gasteiger partial charge in [-0.1, -0.05) is 77.5 Å². The van der Waals surface area contributed by atoms with Gasteiger partial charge in [0.15, 0.2) is 18.1 Å². The smallest absolute Gasteiger partial charge is 0.261 e. The number of carbonyl (C=O) groups excluding carboxylic acids is 2. The number of carbonyl (C=O) groups is 2. The van der Waals surface area contributed by atoms with Crippen LogP contribution in [0.3, 0.4) is 0 Å². The molecule has 7 heteroatoms. The van der Waals surface area contributed by atoms with E-state index in [0.717, 1.165) is 22.0 Å². The van der Waals surface area contributed by atoms with Crippen LogP contribution in [0, 0.1) is 0 Å². The Morgan fingerprint density at radius 2 is 1.61 bits per heavy atom. The number of benzene rings is 3. The summed E-state index contributed by atoms with van der Waals surface area (Å²) in [7, 11) is 1.55. The molecule has 6 nitrogen and oxygen atoms in total. The Kier molecular flexibility index (Phi) is 10.4. The molecule has 0 fully saturated rings. The molecule has 3 aromatic carbocycles. The second kappa shape index (κ2) is 13.7. The molecule has 2 amide bonds. The normalized spacial score (nSPS) is 12.3. The predicted molar refractivity (Wildman–Crippen MR) is 145 cm³/mol. The standard InChI is InChI=1S/C29H33BrN2O4/c1-4-21(2)31-29(34)25(18-22-11-6-5-7-12-22)32(19-23-13-10-14-24(30)17-23)28(33)20-36-27-16-9-8-15-26(27)35-3/h5-17,21,25H,4,18-20H2,1-3H3,(H,31,34)/t21-,25+/m1/s1. The van der Waals surface area contributed by atoms with Gasteiger partial charge < -0.3 is 19.7 Å². The number of methoxy groups -OCH3 is 1. The van der Waals surface area contributed by atoms with Crippen LogP contribution in [-0.4, -0.2) is 42.5 Å². The monoisotopic (exact) mass is 552 g/mol. The molecule has 0 unspecified atom stereocenters. The van der Waals surface area contributed by atoms with Crippen molar-refractivity contribution in [2.45, 2.75) is 45.3 Å². The first-order valence-electron chi connectivity index (χ1n) is 12.0. The molecule has 0 radical (unpaired) electrons. The van der Waals surface area contributed by atoms with Gasteiger partial charge in [0.25, 0.3) is 5.91 Å². The second-order valence-electron chi connectivity index (χ2n) is 8.61. The molecule has 0 bridgehead atoms. The lowest BCUT2D eigenvalue weighted by molar-refractivity contribution is -0.143. The van der Waals surface area contributed by atoms with Crippen LogP contribution in [0.2, 0.25) is 0 Å². The highest BCUT2D eigenvalue weighted by Gasteiger charge is 2.31. The van der Waals surface area contributed by atoms with E-state index in [1.807, 2.05) is 80.6 Å². The van der Waals surface area contributed by atoms with Gasteiger partial charge in [0.05, 0.1) is 7.11 Å². The summed E-state index contributed by atoms with van der Waals surface area (Å²) in [6.45, 7) is 4.01. The Balaban J connectivity index is 1.93. The molecule has 0 aliphatic rings. The number of nitrogens with zero attached hydrogens (tertiary/aromatic N) is 1. The van der Waals surface area contributed by atoms with E-state index in [2.05, 4.69) is 21.2 Å². The van der Waals surface area contributed by atoms with Gasteiger partial charge in [0.1, 0.15) is 6.04 Å². The number of hydrogen-bond acceptors (Lipinski definition) is 4. The van der Waals surface area contributed by atoms with Crippen molar-refractivity contribution in [1.29, 1.82) is 0 Å². The molecule has 0 aliphatic heterocycles. The molecule has 0 spiro atoms. The number of halogens is 1. The topological polar surface area (TPSA) is 67.9 Å². The summed E-state index contributed by atoms with van der Waals surface area (Å²) in [6.07, 6.45) is 1.18. The second-order valence-corrected chi connectivity index (χ2v) is 9.53. The van der Waals surface area contributed by atoms with Gasteiger partial charge in [-0.05, 0) is 48.7 Å². The maximum atomic E-state index is 13.7. The summed E-state index contributed by atoms with van der Waals surface area (Å²) in [5.41, 5.74) is 1.88. The van der Waals surface area contributed by atoms with Gasteiger partial charge in [-0.25, -0.2) is 0 Å². The van der Waals surface area contributed by atoms with E-state index < -0.39 is 6.04 Å². The molecule has 2 atom stereocenters. The molecule has 36 heavy (non-hydrogen) atoms. The van der Waals surface area contributed by atoms with E-state index in [1.165, 1.54) is 0 Å². The van der Waals surface area contributed by atoms with E-state index >= 15 is 0 Å². The van der Waals surface area contributed by atoms with Crippen molar-refractivity contribution in [2.24, 2.45) is 0 Å². The fourth-order valence-electron chi connectivity index (χ4n) is 3.79. The lowest BCUT2D eigenvalue weighted by Gasteiger charge is -2.32. The highest BCUT2D eigenvalue weighted by molar-refractivity contribution is 9.10. The van der Waals surface area contributed by atoms with Crippen molar-refractivity contribution in [1.82, 2.24) is 10.2 Å². The van der Waals surface area contributed by atoms with Crippen molar-refractivity contribution in [3.63, 3.8) is 0 Å². The molecule has 0 aliphatic carbocycles. The van der Waals surface area contributed by atoms with E-state index in [9.17, 15) is 9.59 Å². The van der Waals surface area contributed by atoms with Crippen LogP contribution in [0.1, 0.15) is 31.4 Å². The summed E-state index contributed by atoms with van der Waals surface area (Å²) < 4.78 is 12.1. The summed E-state index contributed by atoms with van der Waals surface area (Å²) in [5.74, 6) is 0.536. The van der Waals surface area contributed by atoms with Crippen LogP contribution in [0.15, 0.2) is 83.3 Å². The number of amides is 2. The van der Waals surface area contributed by atoms with Crippen molar-refractivity contribution < 1.29 is 19.1 Å². The Morgan fingerprint density at radius 3 is 2.28 bits per heavy atom. The number of ether oxygens (including phenoxy) is 2. The lowest BCUT2D eigenvalue weighted by Crippen LogP contribution is -2.53. The first-order chi connectivity index (χ1) is 17.4. The third-order valence-electron chi connectivity index (χ3n) is 5.93. The van der Waals surface area contributed by atoms with Crippen LogP contribution >= 0.6 is 15.9 Å². The van der Waals surface area contributed by atoms with Crippen molar-refractivity contribution in [2.75, 3.05) is 13.7 Å². The van der Waals surface area contributed by atoms with Crippen LogP contribution in [0.4, 0.5) is 0 Å². The molecule has 190 valence electrons. The molecule has 0 aromatic heterocycles. The minimum atomic E-state index is -0.714. The van der Waals surface area contributed by atoms with E-state index in [4.69, 9.17) is 9.47 Å². The summed E-state index contributed by atoms with van der Waals surface area (Å²) >= 11 is 3.51. The molecule has 3 aromatic rings. The lowest BCUT2D eigenvalue weighted by atomic mass is 10.0. The minimum Gasteiger partial charge on any atom is -0.493 e. The Bertz CT molecular complexity index is 1140. The van der Waals surface area contributed by atoms with Crippen molar-refractivity contribution >= 4 is 27.7 Å². The average molecular weight is 553 g/mol. The minimum absolute atomic E-state index is 0.0107. The largest absolute Gasteiger partial charge is 0.493 e. The zero-order valence-corrected chi connectivity index (χ0v) is 22.5. The molecular formula is C29H33BrN2O4. The third kappa shape index (κ3) is 7.85. The number of para-hydroxylation sites is 2. The van der Waals surface area contributed by atoms with Crippen LogP contribution in [0.25, 0.3) is 0 Å². The zero-order chi connectivity index (χ0) is 25.9. The average Bonchev–Trinajstić information content (AvgIpc) is 2.89. The van der Waals surface area contributed by atoms with E-state index in [0.29, 0.717) is 17.9 Å². The van der Waals surface area contributed by atoms with E-state index in [-0.39, 0.29) is 31.0 Å². The molecule has 0 saturated carbocycles. The summed E-state index contributed by atoms with van der Waals surface area (Å²) in [5, 5.41) is 3.07. The molecule has 3 rings (SSSR count). The zero-order valence-electron chi connectivity index (χ0n) is 20.9. The summed E-state index contributed by atoms with van der Waals surface area (Å²) in [4.78, 5) is 28.8. The maximum absolute atomic E-state index is 13.7. The highest BCUT2D eigenvalue weighted by Crippen LogP contribution is 2.26. The van der Waals surface area contributed by atoms with E-state index in [1.54, 1.807) is 24.1 Å². The third-order valence-corrected chi connectivity index (χ3v) is 6.43. The van der Waals surface area contributed by atoms with Gasteiger partial charge in [-0.3, -0.25) is 9.59 Å². The van der Waals surface area contributed by atoms with Crippen LogP contribution in [-0.2, 0) is 22.6 Å². The first kappa shape index (κ1) is 27.3. The van der Waals surface area contributed by atoms with Crippen LogP contribution in [0.5, 0.6) is 11.5 Å². The number of hydrogen-bond donors (Lipinski definition) is 1. The maximum Gasteiger partial charge on any atom is 0.261 e. The Hall–Kier alpha value is -3.32. The SMILES string of the molecule is CC[C@@H](C)NC(=O)[C@H](Cc1ccccc1)N(Cc1cccc(Br)c1)C(=O)COc1ccccc1OC. The first-order valence-corrected chi connectivity index (χ1v) is 12.8. The fraction of sp³-hybridized carbons (Fsp3) is 0.310. The van der Waals surface area contributed by atoms with Gasteiger partial charge >= 0.3 is 0 Å². The van der Waals surface area contributed by atoms with Crippen molar-refractivity contribution in [3.8, 4) is 11.5 Å². The van der Waals surface area contributed by atoms with Gasteiger partial charge in [0.2, 0.25) is 5.91 Å². The van der Waals surface area contributed by atoms with Crippen molar-refractivity contribution in [3.05, 3.63) is 94.5 Å².